The van der Waals surface area contributed by atoms with Crippen molar-refractivity contribution in [2.24, 2.45) is 5.92 Å². The highest BCUT2D eigenvalue weighted by atomic mass is 16.4. The van der Waals surface area contributed by atoms with Crippen LogP contribution in [0.2, 0.25) is 0 Å². The lowest BCUT2D eigenvalue weighted by Crippen LogP contribution is -2.42. The molecule has 2 heterocycles. The van der Waals surface area contributed by atoms with E-state index in [0.29, 0.717) is 24.7 Å². The fraction of sp³-hybridized carbons (Fsp3) is 0.550. The second-order valence-electron chi connectivity index (χ2n) is 7.31. The van der Waals surface area contributed by atoms with E-state index in [4.69, 9.17) is 0 Å². The normalized spacial score (nSPS) is 24.2. The van der Waals surface area contributed by atoms with E-state index < -0.39 is 17.9 Å². The van der Waals surface area contributed by atoms with Crippen LogP contribution in [0.15, 0.2) is 30.3 Å². The Morgan fingerprint density at radius 1 is 1.30 bits per heavy atom. The highest BCUT2D eigenvalue weighted by Crippen LogP contribution is 2.24. The SMILES string of the molecule is CCN1CCC[C@H]1CN1C[C@@H](C(=O)N[C@@H](C(=O)O)c2ccccc2)CC1=O. The summed E-state index contributed by atoms with van der Waals surface area (Å²) in [5, 5.41) is 12.1. The molecule has 2 aliphatic rings. The van der Waals surface area contributed by atoms with Crippen LogP contribution in [0, 0.1) is 5.92 Å². The molecule has 0 unspecified atom stereocenters. The number of carboxylic acid groups (broad SMARTS) is 1. The number of nitrogens with one attached hydrogen (secondary N) is 1. The number of rotatable bonds is 7. The molecule has 7 nitrogen and oxygen atoms in total. The van der Waals surface area contributed by atoms with Crippen LogP contribution in [0.5, 0.6) is 0 Å². The molecule has 2 N–H and O–H groups in total. The summed E-state index contributed by atoms with van der Waals surface area (Å²) in [6.07, 6.45) is 2.36. The third kappa shape index (κ3) is 4.47. The Bertz CT molecular complexity index is 694. The topological polar surface area (TPSA) is 89.9 Å². The summed E-state index contributed by atoms with van der Waals surface area (Å²) >= 11 is 0. The highest BCUT2D eigenvalue weighted by Gasteiger charge is 2.38. The standard InChI is InChI=1S/C20H27N3O4/c1-2-22-10-6-9-16(22)13-23-12-15(11-17(23)24)19(25)21-18(20(26)27)14-7-4-3-5-8-14/h3-5,7-8,15-16,18H,2,6,9-13H2,1H3,(H,21,25)(H,26,27)/t15-,16-,18+/m0/s1. The van der Waals surface area contributed by atoms with Crippen LogP contribution in [0.25, 0.3) is 0 Å². The molecule has 0 radical (unpaired) electrons. The maximum Gasteiger partial charge on any atom is 0.330 e. The molecule has 3 rings (SSSR count). The Morgan fingerprint density at radius 3 is 2.70 bits per heavy atom. The van der Waals surface area contributed by atoms with Gasteiger partial charge in [-0.3, -0.25) is 14.5 Å². The van der Waals surface area contributed by atoms with E-state index in [1.165, 1.54) is 0 Å². The summed E-state index contributed by atoms with van der Waals surface area (Å²) in [4.78, 5) is 40.7. The minimum atomic E-state index is -1.11. The summed E-state index contributed by atoms with van der Waals surface area (Å²) < 4.78 is 0. The Balaban J connectivity index is 1.60. The summed E-state index contributed by atoms with van der Waals surface area (Å²) in [5.74, 6) is -2.01. The van der Waals surface area contributed by atoms with Crippen LogP contribution < -0.4 is 5.32 Å². The minimum Gasteiger partial charge on any atom is -0.479 e. The summed E-state index contributed by atoms with van der Waals surface area (Å²) in [6, 6.07) is 7.86. The molecule has 2 fully saturated rings. The minimum absolute atomic E-state index is 0.0234. The lowest BCUT2D eigenvalue weighted by molar-refractivity contribution is -0.142. The van der Waals surface area contributed by atoms with Crippen molar-refractivity contribution < 1.29 is 19.5 Å². The van der Waals surface area contributed by atoms with Crippen molar-refractivity contribution >= 4 is 17.8 Å². The summed E-state index contributed by atoms with van der Waals surface area (Å²) in [5.41, 5.74) is 0.518. The van der Waals surface area contributed by atoms with Gasteiger partial charge in [-0.05, 0) is 31.5 Å². The average molecular weight is 373 g/mol. The third-order valence-electron chi connectivity index (χ3n) is 5.59. The Morgan fingerprint density at radius 2 is 2.04 bits per heavy atom. The van der Waals surface area contributed by atoms with Crippen LogP contribution in [0.1, 0.15) is 37.8 Å². The van der Waals surface area contributed by atoms with Gasteiger partial charge in [0.05, 0.1) is 5.92 Å². The molecule has 146 valence electrons. The molecule has 2 aliphatic heterocycles. The molecule has 0 bridgehead atoms. The molecule has 3 atom stereocenters. The predicted molar refractivity (Wildman–Crippen MR) is 99.9 cm³/mol. The van der Waals surface area contributed by atoms with Gasteiger partial charge in [-0.1, -0.05) is 37.3 Å². The highest BCUT2D eigenvalue weighted by molar-refractivity contribution is 5.91. The number of likely N-dealkylation sites (N-methyl/N-ethyl adjacent to an activating group) is 1. The first-order valence-corrected chi connectivity index (χ1v) is 9.59. The Kier molecular flexibility index (Phi) is 6.11. The van der Waals surface area contributed by atoms with Crippen LogP contribution in [0.3, 0.4) is 0 Å². The molecule has 7 heteroatoms. The van der Waals surface area contributed by atoms with E-state index in [9.17, 15) is 19.5 Å². The van der Waals surface area contributed by atoms with Gasteiger partial charge in [0, 0.05) is 25.6 Å². The maximum absolute atomic E-state index is 12.6. The van der Waals surface area contributed by atoms with E-state index in [2.05, 4.69) is 17.1 Å². The van der Waals surface area contributed by atoms with Crippen LogP contribution in [0.4, 0.5) is 0 Å². The van der Waals surface area contributed by atoms with Gasteiger partial charge in [0.1, 0.15) is 0 Å². The third-order valence-corrected chi connectivity index (χ3v) is 5.59. The number of carbonyl (C=O) groups is 3. The molecule has 0 aromatic heterocycles. The molecule has 0 spiro atoms. The number of benzene rings is 1. The molecule has 0 aliphatic carbocycles. The number of hydrogen-bond donors (Lipinski definition) is 2. The number of aliphatic carboxylic acids is 1. The molecule has 27 heavy (non-hydrogen) atoms. The van der Waals surface area contributed by atoms with Crippen molar-refractivity contribution in [3.63, 3.8) is 0 Å². The molecule has 2 amide bonds. The number of hydrogen-bond acceptors (Lipinski definition) is 4. The lowest BCUT2D eigenvalue weighted by Gasteiger charge is -2.27. The van der Waals surface area contributed by atoms with Gasteiger partial charge in [-0.15, -0.1) is 0 Å². The van der Waals surface area contributed by atoms with Gasteiger partial charge >= 0.3 is 5.97 Å². The van der Waals surface area contributed by atoms with Gasteiger partial charge in [-0.2, -0.15) is 0 Å². The zero-order chi connectivity index (χ0) is 19.4. The molecule has 1 aromatic rings. The first kappa shape index (κ1) is 19.4. The molecule has 1 aromatic carbocycles. The Labute approximate surface area is 159 Å². The maximum atomic E-state index is 12.6. The van der Waals surface area contributed by atoms with Crippen LogP contribution >= 0.6 is 0 Å². The quantitative estimate of drug-likeness (QED) is 0.751. The number of carbonyl (C=O) groups excluding carboxylic acids is 2. The molecule has 2 saturated heterocycles. The number of amides is 2. The van der Waals surface area contributed by atoms with E-state index in [-0.39, 0.29) is 18.2 Å². The summed E-state index contributed by atoms with van der Waals surface area (Å²) in [6.45, 7) is 5.16. The predicted octanol–water partition coefficient (Wildman–Crippen LogP) is 1.26. The van der Waals surface area contributed by atoms with E-state index in [1.807, 2.05) is 0 Å². The molecule has 0 saturated carbocycles. The van der Waals surface area contributed by atoms with Crippen LogP contribution in [-0.2, 0) is 14.4 Å². The Hall–Kier alpha value is -2.41. The lowest BCUT2D eigenvalue weighted by atomic mass is 10.0. The zero-order valence-corrected chi connectivity index (χ0v) is 15.6. The van der Waals surface area contributed by atoms with E-state index in [0.717, 1.165) is 25.9 Å². The molecular weight excluding hydrogens is 346 g/mol. The second kappa shape index (κ2) is 8.52. The van der Waals surface area contributed by atoms with Crippen molar-refractivity contribution in [3.05, 3.63) is 35.9 Å². The van der Waals surface area contributed by atoms with E-state index in [1.54, 1.807) is 35.2 Å². The van der Waals surface area contributed by atoms with Gasteiger partial charge in [-0.25, -0.2) is 4.79 Å². The first-order chi connectivity index (χ1) is 13.0. The van der Waals surface area contributed by atoms with Gasteiger partial charge in [0.2, 0.25) is 11.8 Å². The van der Waals surface area contributed by atoms with Gasteiger partial charge < -0.3 is 15.3 Å². The van der Waals surface area contributed by atoms with Gasteiger partial charge in [0.25, 0.3) is 0 Å². The van der Waals surface area contributed by atoms with Crippen molar-refractivity contribution in [2.45, 2.75) is 38.3 Å². The first-order valence-electron chi connectivity index (χ1n) is 9.59. The zero-order valence-electron chi connectivity index (χ0n) is 15.6. The van der Waals surface area contributed by atoms with Crippen molar-refractivity contribution in [2.75, 3.05) is 26.2 Å². The average Bonchev–Trinajstić information content (AvgIpc) is 3.26. The van der Waals surface area contributed by atoms with Crippen molar-refractivity contribution in [1.29, 1.82) is 0 Å². The summed E-state index contributed by atoms with van der Waals surface area (Å²) in [7, 11) is 0. The smallest absolute Gasteiger partial charge is 0.330 e. The fourth-order valence-corrected chi connectivity index (χ4v) is 4.09. The number of carboxylic acids is 1. The van der Waals surface area contributed by atoms with E-state index >= 15 is 0 Å². The monoisotopic (exact) mass is 373 g/mol. The largest absolute Gasteiger partial charge is 0.479 e. The molecular formula is C20H27N3O4. The number of nitrogens with zero attached hydrogens (tertiary/aromatic N) is 2. The fourth-order valence-electron chi connectivity index (χ4n) is 4.09. The van der Waals surface area contributed by atoms with Crippen molar-refractivity contribution in [3.8, 4) is 0 Å². The van der Waals surface area contributed by atoms with Gasteiger partial charge in [0.15, 0.2) is 6.04 Å². The van der Waals surface area contributed by atoms with Crippen LogP contribution in [-0.4, -0.2) is 64.9 Å². The van der Waals surface area contributed by atoms with Crippen molar-refractivity contribution in [1.82, 2.24) is 15.1 Å². The second-order valence-corrected chi connectivity index (χ2v) is 7.31. The number of likely N-dealkylation sites (tertiary alicyclic amines) is 2.